The van der Waals surface area contributed by atoms with Crippen LogP contribution in [0.5, 0.6) is 0 Å². The highest BCUT2D eigenvalue weighted by atomic mass is 16.2. The number of aromatic nitrogens is 2. The number of nitrogens with zero attached hydrogens (tertiary/aromatic N) is 3. The van der Waals surface area contributed by atoms with Gasteiger partial charge in [-0.2, -0.15) is 5.10 Å². The lowest BCUT2D eigenvalue weighted by atomic mass is 9.95. The summed E-state index contributed by atoms with van der Waals surface area (Å²) in [5.41, 5.74) is 2.49. The van der Waals surface area contributed by atoms with Gasteiger partial charge in [-0.05, 0) is 44.7 Å². The number of benzene rings is 1. The van der Waals surface area contributed by atoms with E-state index in [4.69, 9.17) is 5.10 Å². The fourth-order valence-electron chi connectivity index (χ4n) is 4.97. The van der Waals surface area contributed by atoms with Crippen LogP contribution in [0.3, 0.4) is 0 Å². The molecule has 2 aliphatic rings. The second-order valence-electron chi connectivity index (χ2n) is 9.17. The molecule has 1 saturated carbocycles. The number of carbonyl (C=O) groups is 2. The molecule has 1 saturated heterocycles. The van der Waals surface area contributed by atoms with Crippen LogP contribution < -0.4 is 15.5 Å². The number of para-hydroxylation sites is 1. The van der Waals surface area contributed by atoms with Gasteiger partial charge in [-0.1, -0.05) is 43.9 Å². The minimum Gasteiger partial charge on any atom is -0.355 e. The SMILES string of the molecule is CC(=O)Nc1c(C)nn(-c2ccccc2)c1N1CCC(C(=O)NC2CCCCCC2)CC1. The Morgan fingerprint density at radius 3 is 2.25 bits per heavy atom. The van der Waals surface area contributed by atoms with E-state index in [1.165, 1.54) is 32.6 Å². The Kier molecular flexibility index (Phi) is 7.12. The van der Waals surface area contributed by atoms with E-state index in [1.807, 2.05) is 41.9 Å². The van der Waals surface area contributed by atoms with Crippen LogP contribution >= 0.6 is 0 Å². The zero-order valence-electron chi connectivity index (χ0n) is 19.3. The van der Waals surface area contributed by atoms with Crippen molar-refractivity contribution in [3.8, 4) is 5.69 Å². The molecule has 0 atom stereocenters. The lowest BCUT2D eigenvalue weighted by Crippen LogP contribution is -2.44. The minimum absolute atomic E-state index is 0.0490. The maximum Gasteiger partial charge on any atom is 0.223 e. The van der Waals surface area contributed by atoms with Gasteiger partial charge in [0.25, 0.3) is 0 Å². The van der Waals surface area contributed by atoms with Gasteiger partial charge < -0.3 is 15.5 Å². The molecule has 2 amide bonds. The van der Waals surface area contributed by atoms with Gasteiger partial charge in [0.15, 0.2) is 5.82 Å². The standard InChI is InChI=1S/C25H35N5O2/c1-18-23(26-19(2)31)25(30(28-18)22-12-8-5-9-13-22)29-16-14-20(15-17-29)24(32)27-21-10-6-3-4-7-11-21/h5,8-9,12-13,20-21H,3-4,6-7,10-11,14-17H2,1-2H3,(H,26,31)(H,27,32). The highest BCUT2D eigenvalue weighted by Gasteiger charge is 2.30. The summed E-state index contributed by atoms with van der Waals surface area (Å²) < 4.78 is 1.91. The summed E-state index contributed by atoms with van der Waals surface area (Å²) in [7, 11) is 0. The molecule has 2 N–H and O–H groups in total. The molecule has 1 aromatic heterocycles. The summed E-state index contributed by atoms with van der Waals surface area (Å²) >= 11 is 0. The number of hydrogen-bond donors (Lipinski definition) is 2. The van der Waals surface area contributed by atoms with Crippen LogP contribution in [0.1, 0.15) is 64.0 Å². The second-order valence-corrected chi connectivity index (χ2v) is 9.17. The highest BCUT2D eigenvalue weighted by Crippen LogP contribution is 2.35. The van der Waals surface area contributed by atoms with Gasteiger partial charge in [0.1, 0.15) is 5.69 Å². The van der Waals surface area contributed by atoms with E-state index >= 15 is 0 Å². The molecular formula is C25H35N5O2. The van der Waals surface area contributed by atoms with Crippen LogP contribution in [0, 0.1) is 12.8 Å². The van der Waals surface area contributed by atoms with Crippen LogP contribution in [0.15, 0.2) is 30.3 Å². The molecule has 1 aliphatic heterocycles. The topological polar surface area (TPSA) is 79.3 Å². The molecule has 172 valence electrons. The fraction of sp³-hybridized carbons (Fsp3) is 0.560. The van der Waals surface area contributed by atoms with Crippen molar-refractivity contribution >= 4 is 23.3 Å². The van der Waals surface area contributed by atoms with Gasteiger partial charge in [0.2, 0.25) is 11.8 Å². The molecule has 7 nitrogen and oxygen atoms in total. The van der Waals surface area contributed by atoms with Crippen LogP contribution in [0.25, 0.3) is 5.69 Å². The first-order valence-corrected chi connectivity index (χ1v) is 12.0. The van der Waals surface area contributed by atoms with Crippen LogP contribution in [0.2, 0.25) is 0 Å². The maximum atomic E-state index is 12.9. The number of aryl methyl sites for hydroxylation is 1. The van der Waals surface area contributed by atoms with E-state index in [0.717, 1.165) is 61.7 Å². The number of carbonyl (C=O) groups excluding carboxylic acids is 2. The predicted octanol–water partition coefficient (Wildman–Crippen LogP) is 4.19. The Hall–Kier alpha value is -2.83. The molecule has 0 radical (unpaired) electrons. The average molecular weight is 438 g/mol. The molecule has 2 heterocycles. The first-order chi connectivity index (χ1) is 15.5. The average Bonchev–Trinajstić information content (AvgIpc) is 2.94. The Morgan fingerprint density at radius 1 is 0.969 bits per heavy atom. The van der Waals surface area contributed by atoms with Gasteiger partial charge in [0, 0.05) is 32.0 Å². The van der Waals surface area contributed by atoms with E-state index in [-0.39, 0.29) is 17.7 Å². The molecule has 32 heavy (non-hydrogen) atoms. The lowest BCUT2D eigenvalue weighted by Gasteiger charge is -2.34. The van der Waals surface area contributed by atoms with Crippen molar-refractivity contribution in [1.82, 2.24) is 15.1 Å². The quantitative estimate of drug-likeness (QED) is 0.688. The second kappa shape index (κ2) is 10.2. The van der Waals surface area contributed by atoms with Gasteiger partial charge in [-0.15, -0.1) is 0 Å². The van der Waals surface area contributed by atoms with Crippen molar-refractivity contribution in [2.45, 2.75) is 71.3 Å². The summed E-state index contributed by atoms with van der Waals surface area (Å²) in [4.78, 5) is 27.1. The van der Waals surface area contributed by atoms with E-state index in [1.54, 1.807) is 0 Å². The third-order valence-corrected chi connectivity index (χ3v) is 6.70. The van der Waals surface area contributed by atoms with Gasteiger partial charge in [-0.25, -0.2) is 4.68 Å². The Labute approximate surface area is 190 Å². The number of hydrogen-bond acceptors (Lipinski definition) is 4. The van der Waals surface area contributed by atoms with E-state index in [9.17, 15) is 9.59 Å². The molecule has 1 aliphatic carbocycles. The normalized spacial score (nSPS) is 18.2. The third kappa shape index (κ3) is 5.14. The van der Waals surface area contributed by atoms with E-state index < -0.39 is 0 Å². The van der Waals surface area contributed by atoms with Crippen molar-refractivity contribution < 1.29 is 9.59 Å². The van der Waals surface area contributed by atoms with Gasteiger partial charge >= 0.3 is 0 Å². The van der Waals surface area contributed by atoms with Crippen LogP contribution in [0.4, 0.5) is 11.5 Å². The monoisotopic (exact) mass is 437 g/mol. The maximum absolute atomic E-state index is 12.9. The third-order valence-electron chi connectivity index (χ3n) is 6.70. The summed E-state index contributed by atoms with van der Waals surface area (Å²) in [6.45, 7) is 4.95. The molecule has 0 bridgehead atoms. The highest BCUT2D eigenvalue weighted by molar-refractivity contribution is 5.93. The first-order valence-electron chi connectivity index (χ1n) is 12.0. The minimum atomic E-state index is -0.111. The van der Waals surface area contributed by atoms with Crippen molar-refractivity contribution in [3.05, 3.63) is 36.0 Å². The molecule has 0 spiro atoms. The summed E-state index contributed by atoms with van der Waals surface area (Å²) in [5.74, 6) is 1.05. The molecule has 0 unspecified atom stereocenters. The molecule has 7 heteroatoms. The van der Waals surface area contributed by atoms with Crippen molar-refractivity contribution in [3.63, 3.8) is 0 Å². The van der Waals surface area contributed by atoms with Crippen molar-refractivity contribution in [2.75, 3.05) is 23.3 Å². The number of anilines is 2. The van der Waals surface area contributed by atoms with Crippen molar-refractivity contribution in [1.29, 1.82) is 0 Å². The van der Waals surface area contributed by atoms with Crippen LogP contribution in [-0.2, 0) is 9.59 Å². The van der Waals surface area contributed by atoms with Gasteiger partial charge in [-0.3, -0.25) is 9.59 Å². The smallest absolute Gasteiger partial charge is 0.223 e. The number of piperidine rings is 1. The first kappa shape index (κ1) is 22.4. The number of nitrogens with one attached hydrogen (secondary N) is 2. The van der Waals surface area contributed by atoms with Crippen molar-refractivity contribution in [2.24, 2.45) is 5.92 Å². The Balaban J connectivity index is 1.48. The predicted molar refractivity (Wildman–Crippen MR) is 127 cm³/mol. The molecule has 2 aromatic rings. The lowest BCUT2D eigenvalue weighted by molar-refractivity contribution is -0.126. The largest absolute Gasteiger partial charge is 0.355 e. The van der Waals surface area contributed by atoms with E-state index in [0.29, 0.717) is 6.04 Å². The fourth-order valence-corrected chi connectivity index (χ4v) is 4.97. The van der Waals surface area contributed by atoms with Crippen LogP contribution in [-0.4, -0.2) is 40.7 Å². The van der Waals surface area contributed by atoms with E-state index in [2.05, 4.69) is 15.5 Å². The number of rotatable bonds is 5. The molecule has 1 aromatic carbocycles. The molecular weight excluding hydrogens is 402 g/mol. The molecule has 4 rings (SSSR count). The zero-order valence-corrected chi connectivity index (χ0v) is 19.3. The summed E-state index contributed by atoms with van der Waals surface area (Å²) in [6, 6.07) is 10.3. The number of amides is 2. The van der Waals surface area contributed by atoms with Gasteiger partial charge in [0.05, 0.1) is 11.4 Å². The summed E-state index contributed by atoms with van der Waals surface area (Å²) in [6.07, 6.45) is 8.84. The Morgan fingerprint density at radius 2 is 1.62 bits per heavy atom. The zero-order chi connectivity index (χ0) is 22.5. The summed E-state index contributed by atoms with van der Waals surface area (Å²) in [5, 5.41) is 11.0. The Bertz CT molecular complexity index is 923. The molecule has 2 fully saturated rings.